The lowest BCUT2D eigenvalue weighted by atomic mass is 10.1. The molecule has 0 spiro atoms. The van der Waals surface area contributed by atoms with Crippen molar-refractivity contribution < 1.29 is 14.3 Å². The molecule has 0 saturated carbocycles. The number of amides is 2. The van der Waals surface area contributed by atoms with Crippen LogP contribution in [0.25, 0.3) is 11.3 Å². The number of carbonyl (C=O) groups excluding carboxylic acids is 2. The van der Waals surface area contributed by atoms with Crippen molar-refractivity contribution >= 4 is 40.0 Å². The number of carbonyl (C=O) groups is 2. The normalized spacial score (nSPS) is 10.6. The van der Waals surface area contributed by atoms with Crippen LogP contribution in [0.4, 0.5) is 5.13 Å². The van der Waals surface area contributed by atoms with Crippen LogP contribution in [0.15, 0.2) is 83.1 Å². The van der Waals surface area contributed by atoms with Gasteiger partial charge in [-0.05, 0) is 48.2 Å². The quantitative estimate of drug-likeness (QED) is 0.330. The van der Waals surface area contributed by atoms with Crippen LogP contribution in [-0.2, 0) is 6.61 Å². The van der Waals surface area contributed by atoms with Crippen LogP contribution in [0, 0.1) is 0 Å². The van der Waals surface area contributed by atoms with Crippen LogP contribution in [0.1, 0.15) is 26.3 Å². The minimum absolute atomic E-state index is 0.193. The zero-order chi connectivity index (χ0) is 23.2. The molecule has 3 N–H and O–H groups in total. The van der Waals surface area contributed by atoms with Crippen LogP contribution in [-0.4, -0.2) is 23.1 Å². The van der Waals surface area contributed by atoms with Crippen LogP contribution in [0.5, 0.6) is 5.75 Å². The highest BCUT2D eigenvalue weighted by Crippen LogP contribution is 2.27. The number of nitrogens with zero attached hydrogens (tertiary/aromatic N) is 1. The van der Waals surface area contributed by atoms with Crippen molar-refractivity contribution in [3.8, 4) is 17.0 Å². The van der Waals surface area contributed by atoms with Crippen LogP contribution >= 0.6 is 23.1 Å². The first-order valence-corrected chi connectivity index (χ1v) is 12.2. The number of thiazole rings is 1. The SMILES string of the molecule is CSc1ccc(-c2csc(NC(=O)c3cccc(COc4ccccc4C(N)=O)c3)n2)cc1. The van der Waals surface area contributed by atoms with Crippen molar-refractivity contribution in [3.63, 3.8) is 0 Å². The molecule has 4 rings (SSSR count). The number of nitrogens with two attached hydrogens (primary N) is 1. The van der Waals surface area contributed by atoms with Crippen molar-refractivity contribution in [2.45, 2.75) is 11.5 Å². The summed E-state index contributed by atoms with van der Waals surface area (Å²) < 4.78 is 5.76. The van der Waals surface area contributed by atoms with E-state index in [4.69, 9.17) is 10.5 Å². The highest BCUT2D eigenvalue weighted by Gasteiger charge is 2.12. The summed E-state index contributed by atoms with van der Waals surface area (Å²) in [5, 5.41) is 5.31. The largest absolute Gasteiger partial charge is 0.488 e. The zero-order valence-corrected chi connectivity index (χ0v) is 19.4. The van der Waals surface area contributed by atoms with E-state index in [9.17, 15) is 9.59 Å². The smallest absolute Gasteiger partial charge is 0.257 e. The van der Waals surface area contributed by atoms with Gasteiger partial charge in [-0.2, -0.15) is 0 Å². The lowest BCUT2D eigenvalue weighted by molar-refractivity contribution is 0.0994. The summed E-state index contributed by atoms with van der Waals surface area (Å²) in [6, 6.07) is 22.0. The van der Waals surface area contributed by atoms with Crippen LogP contribution in [0.3, 0.4) is 0 Å². The summed E-state index contributed by atoms with van der Waals surface area (Å²) in [7, 11) is 0. The molecule has 8 heteroatoms. The van der Waals surface area contributed by atoms with Gasteiger partial charge in [0.15, 0.2) is 5.13 Å². The number of benzene rings is 3. The number of para-hydroxylation sites is 1. The molecule has 0 bridgehead atoms. The van der Waals surface area contributed by atoms with E-state index in [1.54, 1.807) is 54.2 Å². The summed E-state index contributed by atoms with van der Waals surface area (Å²) >= 11 is 3.06. The molecule has 0 atom stereocenters. The Bertz CT molecular complexity index is 1290. The topological polar surface area (TPSA) is 94.3 Å². The Morgan fingerprint density at radius 2 is 1.85 bits per heavy atom. The van der Waals surface area contributed by atoms with Gasteiger partial charge in [-0.3, -0.25) is 14.9 Å². The number of hydrogen-bond donors (Lipinski definition) is 2. The molecule has 0 radical (unpaired) electrons. The molecule has 1 aromatic heterocycles. The van der Waals surface area contributed by atoms with Crippen LogP contribution in [0.2, 0.25) is 0 Å². The fourth-order valence-electron chi connectivity index (χ4n) is 3.15. The Morgan fingerprint density at radius 1 is 1.06 bits per heavy atom. The Kier molecular flexibility index (Phi) is 7.07. The highest BCUT2D eigenvalue weighted by molar-refractivity contribution is 7.98. The predicted octanol–water partition coefficient (Wildman–Crippen LogP) is 5.46. The van der Waals surface area contributed by atoms with E-state index in [1.165, 1.54) is 16.2 Å². The second-order valence-electron chi connectivity index (χ2n) is 7.07. The Labute approximate surface area is 199 Å². The van der Waals surface area contributed by atoms with Gasteiger partial charge in [-0.25, -0.2) is 4.98 Å². The molecule has 33 heavy (non-hydrogen) atoms. The van der Waals surface area contributed by atoms with Gasteiger partial charge in [0.2, 0.25) is 0 Å². The first-order valence-electron chi connectivity index (χ1n) is 10.1. The minimum Gasteiger partial charge on any atom is -0.488 e. The van der Waals surface area contributed by atoms with Gasteiger partial charge < -0.3 is 10.5 Å². The molecule has 3 aromatic carbocycles. The summed E-state index contributed by atoms with van der Waals surface area (Å²) in [6.07, 6.45) is 2.03. The third-order valence-electron chi connectivity index (χ3n) is 4.85. The molecule has 6 nitrogen and oxygen atoms in total. The van der Waals surface area contributed by atoms with Gasteiger partial charge in [0.05, 0.1) is 11.3 Å². The summed E-state index contributed by atoms with van der Waals surface area (Å²) in [4.78, 5) is 30.0. The number of aromatic nitrogens is 1. The number of nitrogens with one attached hydrogen (secondary N) is 1. The standard InChI is InChI=1S/C25H21N3O3S2/c1-32-19-11-9-17(10-12-19)21-15-33-25(27-21)28-24(30)18-6-4-5-16(13-18)14-31-22-8-3-2-7-20(22)23(26)29/h2-13,15H,14H2,1H3,(H2,26,29)(H,27,28,30). The predicted molar refractivity (Wildman–Crippen MR) is 133 cm³/mol. The number of thioether (sulfide) groups is 1. The lowest BCUT2D eigenvalue weighted by Gasteiger charge is -2.10. The van der Waals surface area contributed by atoms with E-state index >= 15 is 0 Å². The maximum Gasteiger partial charge on any atom is 0.257 e. The van der Waals surface area contributed by atoms with E-state index in [-0.39, 0.29) is 12.5 Å². The molecule has 166 valence electrons. The molecular weight excluding hydrogens is 454 g/mol. The first kappa shape index (κ1) is 22.6. The lowest BCUT2D eigenvalue weighted by Crippen LogP contribution is -2.13. The molecule has 0 fully saturated rings. The summed E-state index contributed by atoms with van der Waals surface area (Å²) in [5.74, 6) is -0.407. The molecule has 0 aliphatic heterocycles. The molecule has 1 heterocycles. The van der Waals surface area contributed by atoms with Crippen molar-refractivity contribution in [1.29, 1.82) is 0 Å². The third-order valence-corrected chi connectivity index (χ3v) is 6.35. The van der Waals surface area contributed by atoms with Gasteiger partial charge in [0.25, 0.3) is 11.8 Å². The van der Waals surface area contributed by atoms with Crippen molar-refractivity contribution in [3.05, 3.63) is 94.9 Å². The minimum atomic E-state index is -0.554. The highest BCUT2D eigenvalue weighted by atomic mass is 32.2. The Morgan fingerprint density at radius 3 is 2.61 bits per heavy atom. The second kappa shape index (κ2) is 10.3. The Hall–Kier alpha value is -3.62. The number of rotatable bonds is 8. The molecular formula is C25H21N3O3S2. The van der Waals surface area contributed by atoms with E-state index in [1.807, 2.05) is 42.0 Å². The average molecular weight is 476 g/mol. The number of ether oxygens (including phenoxy) is 1. The zero-order valence-electron chi connectivity index (χ0n) is 17.8. The maximum absolute atomic E-state index is 12.8. The van der Waals surface area contributed by atoms with Crippen molar-refractivity contribution in [2.75, 3.05) is 11.6 Å². The van der Waals surface area contributed by atoms with E-state index in [0.29, 0.717) is 22.0 Å². The molecule has 0 aliphatic rings. The number of anilines is 1. The van der Waals surface area contributed by atoms with Crippen LogP contribution < -0.4 is 15.8 Å². The molecule has 4 aromatic rings. The monoisotopic (exact) mass is 475 g/mol. The van der Waals surface area contributed by atoms with Gasteiger partial charge in [0.1, 0.15) is 12.4 Å². The average Bonchev–Trinajstić information content (AvgIpc) is 3.31. The van der Waals surface area contributed by atoms with E-state index in [0.717, 1.165) is 16.8 Å². The molecule has 0 unspecified atom stereocenters. The van der Waals surface area contributed by atoms with Crippen molar-refractivity contribution in [1.82, 2.24) is 4.98 Å². The first-order chi connectivity index (χ1) is 16.0. The number of hydrogen-bond acceptors (Lipinski definition) is 6. The summed E-state index contributed by atoms with van der Waals surface area (Å²) in [5.41, 5.74) is 8.80. The van der Waals surface area contributed by atoms with Gasteiger partial charge in [-0.1, -0.05) is 36.4 Å². The second-order valence-corrected chi connectivity index (χ2v) is 8.81. The fourth-order valence-corrected chi connectivity index (χ4v) is 4.28. The van der Waals surface area contributed by atoms with Gasteiger partial charge in [-0.15, -0.1) is 23.1 Å². The fraction of sp³-hybridized carbons (Fsp3) is 0.0800. The molecule has 0 saturated heterocycles. The molecule has 0 aliphatic carbocycles. The number of primary amides is 1. The van der Waals surface area contributed by atoms with E-state index < -0.39 is 5.91 Å². The third kappa shape index (κ3) is 5.60. The summed E-state index contributed by atoms with van der Waals surface area (Å²) in [6.45, 7) is 0.193. The Balaban J connectivity index is 1.42. The van der Waals surface area contributed by atoms with Gasteiger partial charge >= 0.3 is 0 Å². The van der Waals surface area contributed by atoms with E-state index in [2.05, 4.69) is 10.3 Å². The van der Waals surface area contributed by atoms with Gasteiger partial charge in [0, 0.05) is 21.4 Å². The van der Waals surface area contributed by atoms with Crippen molar-refractivity contribution in [2.24, 2.45) is 5.73 Å². The molecule has 2 amide bonds. The maximum atomic E-state index is 12.8.